The minimum absolute atomic E-state index is 0.0243. The fraction of sp³-hybridized carbons (Fsp3) is 0.750. The summed E-state index contributed by atoms with van der Waals surface area (Å²) in [4.78, 5) is 42.2. The standard InChI is InChI=1S/C36H50O11/c1-16(2)19-12-24(38)36(8,44)29-21(45-19)13-33(5)23-10-9-17-18(35(23,7)25(39)14-34(29,33)6)11-20(30(43)32(17,3)4)46-31-28(42)27(41)26(40)22(15-37)47-31/h9,11,18-19,21-23,26-29,31,37,40-42,44H,1,10,12-15H2,2-8H3/t18-,19+,21-,22-,23+,26-,27+,28-,29+,31-,33+,34-,35+,36+/m1/s1. The Morgan fingerprint density at radius 3 is 2.26 bits per heavy atom. The van der Waals surface area contributed by atoms with Crippen LogP contribution < -0.4 is 0 Å². The number of ketones is 3. The van der Waals surface area contributed by atoms with Crippen molar-refractivity contribution in [3.8, 4) is 0 Å². The Bertz CT molecular complexity index is 1460. The predicted octanol–water partition coefficient (Wildman–Crippen LogP) is 1.92. The molecular formula is C36H50O11. The number of carbonyl (C=O) groups is 3. The van der Waals surface area contributed by atoms with E-state index in [0.29, 0.717) is 18.4 Å². The van der Waals surface area contributed by atoms with E-state index in [2.05, 4.69) is 19.6 Å². The largest absolute Gasteiger partial charge is 0.459 e. The van der Waals surface area contributed by atoms with Crippen molar-refractivity contribution in [2.45, 2.75) is 123 Å². The quantitative estimate of drug-likeness (QED) is 0.279. The first-order chi connectivity index (χ1) is 21.7. The summed E-state index contributed by atoms with van der Waals surface area (Å²) in [5.41, 5.74) is -3.66. The Kier molecular flexibility index (Phi) is 8.01. The number of hydrogen-bond acceptors (Lipinski definition) is 11. The van der Waals surface area contributed by atoms with Gasteiger partial charge in [-0.05, 0) is 63.4 Å². The summed E-state index contributed by atoms with van der Waals surface area (Å²) in [5.74, 6) is -2.34. The summed E-state index contributed by atoms with van der Waals surface area (Å²) < 4.78 is 18.1. The van der Waals surface area contributed by atoms with Gasteiger partial charge in [-0.2, -0.15) is 0 Å². The van der Waals surface area contributed by atoms with Crippen LogP contribution in [0, 0.1) is 39.4 Å². The van der Waals surface area contributed by atoms with E-state index in [4.69, 9.17) is 14.2 Å². The maximum atomic E-state index is 14.8. The molecule has 47 heavy (non-hydrogen) atoms. The molecule has 14 atom stereocenters. The van der Waals surface area contributed by atoms with Crippen LogP contribution in [0.4, 0.5) is 0 Å². The fourth-order valence-corrected chi connectivity index (χ4v) is 10.5. The SMILES string of the molecule is C=C(C)[C@@H]1CC(=O)[C@](C)(O)[C@H]2[C@@H](C[C@@]3(C)[C@@H]4CC=C5[C@@H](C=C(O[C@@H]6O[C@H](CO)[C@@H](O)[C@H](O)[C@H]6O)C(=O)C5(C)C)[C@]4(C)C(=O)C[C@]23C)O1. The molecule has 0 bridgehead atoms. The Labute approximate surface area is 275 Å². The molecule has 0 amide bonds. The van der Waals surface area contributed by atoms with Gasteiger partial charge in [0.1, 0.15) is 35.8 Å². The smallest absolute Gasteiger partial charge is 0.229 e. The van der Waals surface area contributed by atoms with Gasteiger partial charge in [0.25, 0.3) is 0 Å². The highest BCUT2D eigenvalue weighted by atomic mass is 16.7. The van der Waals surface area contributed by atoms with E-state index in [1.807, 2.05) is 20.8 Å². The first-order valence-electron chi connectivity index (χ1n) is 16.7. The molecule has 5 N–H and O–H groups in total. The molecule has 6 aliphatic rings. The molecule has 260 valence electrons. The zero-order valence-corrected chi connectivity index (χ0v) is 28.4. The van der Waals surface area contributed by atoms with Crippen LogP contribution >= 0.6 is 0 Å². The van der Waals surface area contributed by atoms with Crippen molar-refractivity contribution in [1.82, 2.24) is 0 Å². The molecule has 0 radical (unpaired) electrons. The highest BCUT2D eigenvalue weighted by Gasteiger charge is 2.75. The number of allylic oxidation sites excluding steroid dienone is 4. The van der Waals surface area contributed by atoms with E-state index in [0.717, 1.165) is 5.57 Å². The minimum atomic E-state index is -1.71. The van der Waals surface area contributed by atoms with Crippen molar-refractivity contribution in [2.24, 2.45) is 39.4 Å². The molecule has 0 unspecified atom stereocenters. The normalized spacial score (nSPS) is 50.7. The van der Waals surface area contributed by atoms with E-state index < -0.39 is 94.4 Å². The third-order valence-corrected chi connectivity index (χ3v) is 13.5. The number of ether oxygens (including phenoxy) is 3. The van der Waals surface area contributed by atoms with Crippen LogP contribution in [0.3, 0.4) is 0 Å². The predicted molar refractivity (Wildman–Crippen MR) is 167 cm³/mol. The lowest BCUT2D eigenvalue weighted by Crippen LogP contribution is -2.64. The van der Waals surface area contributed by atoms with E-state index in [1.165, 1.54) is 0 Å². The maximum Gasteiger partial charge on any atom is 0.229 e. The molecule has 11 nitrogen and oxygen atoms in total. The number of fused-ring (bicyclic) bond motifs is 7. The second-order valence-corrected chi connectivity index (χ2v) is 16.4. The molecule has 6 rings (SSSR count). The molecule has 2 saturated carbocycles. The molecular weight excluding hydrogens is 608 g/mol. The van der Waals surface area contributed by atoms with Crippen molar-refractivity contribution in [3.63, 3.8) is 0 Å². The average molecular weight is 659 g/mol. The van der Waals surface area contributed by atoms with Crippen molar-refractivity contribution in [3.05, 3.63) is 35.6 Å². The summed E-state index contributed by atoms with van der Waals surface area (Å²) in [5, 5.41) is 52.8. The van der Waals surface area contributed by atoms with Crippen molar-refractivity contribution in [2.75, 3.05) is 6.61 Å². The van der Waals surface area contributed by atoms with Crippen LogP contribution in [0.15, 0.2) is 35.6 Å². The van der Waals surface area contributed by atoms with Crippen LogP contribution in [0.25, 0.3) is 0 Å². The third-order valence-electron chi connectivity index (χ3n) is 13.5. The van der Waals surface area contributed by atoms with Crippen LogP contribution in [-0.4, -0.2) is 98.0 Å². The third kappa shape index (κ3) is 4.53. The lowest BCUT2D eigenvalue weighted by molar-refractivity contribution is -0.291. The molecule has 2 heterocycles. The van der Waals surface area contributed by atoms with Gasteiger partial charge < -0.3 is 39.7 Å². The lowest BCUT2D eigenvalue weighted by Gasteiger charge is -2.63. The molecule has 0 aromatic carbocycles. The number of hydrogen-bond donors (Lipinski definition) is 5. The topological polar surface area (TPSA) is 180 Å². The average Bonchev–Trinajstić information content (AvgIpc) is 3.15. The van der Waals surface area contributed by atoms with E-state index in [9.17, 15) is 39.9 Å². The van der Waals surface area contributed by atoms with Gasteiger partial charge in [0, 0.05) is 30.1 Å². The monoisotopic (exact) mass is 658 g/mol. The molecule has 0 spiro atoms. The van der Waals surface area contributed by atoms with Gasteiger partial charge in [0.05, 0.1) is 24.2 Å². The highest BCUT2D eigenvalue weighted by Crippen LogP contribution is 2.74. The molecule has 11 heteroatoms. The maximum absolute atomic E-state index is 14.8. The zero-order valence-electron chi connectivity index (χ0n) is 28.4. The summed E-state index contributed by atoms with van der Waals surface area (Å²) in [7, 11) is 0. The van der Waals surface area contributed by atoms with Gasteiger partial charge in [0.2, 0.25) is 12.1 Å². The summed E-state index contributed by atoms with van der Waals surface area (Å²) in [6.45, 7) is 16.4. The van der Waals surface area contributed by atoms with E-state index >= 15 is 0 Å². The van der Waals surface area contributed by atoms with Crippen molar-refractivity contribution < 1.29 is 54.1 Å². The molecule has 4 aliphatic carbocycles. The second-order valence-electron chi connectivity index (χ2n) is 16.4. The highest BCUT2D eigenvalue weighted by molar-refractivity contribution is 6.02. The first kappa shape index (κ1) is 34.6. The van der Waals surface area contributed by atoms with Gasteiger partial charge in [-0.1, -0.05) is 44.6 Å². The van der Waals surface area contributed by atoms with Crippen molar-refractivity contribution in [1.29, 1.82) is 0 Å². The number of carbonyl (C=O) groups excluding carboxylic acids is 3. The van der Waals surface area contributed by atoms with Gasteiger partial charge in [-0.15, -0.1) is 0 Å². The van der Waals surface area contributed by atoms with Crippen molar-refractivity contribution >= 4 is 17.3 Å². The van der Waals surface area contributed by atoms with Gasteiger partial charge in [0.15, 0.2) is 11.5 Å². The van der Waals surface area contributed by atoms with E-state index in [-0.39, 0.29) is 36.1 Å². The zero-order chi connectivity index (χ0) is 34.8. The molecule has 0 aromatic heterocycles. The minimum Gasteiger partial charge on any atom is -0.459 e. The van der Waals surface area contributed by atoms with Gasteiger partial charge >= 0.3 is 0 Å². The van der Waals surface area contributed by atoms with Crippen LogP contribution in [-0.2, 0) is 28.6 Å². The molecule has 0 aromatic rings. The van der Waals surface area contributed by atoms with Crippen LogP contribution in [0.5, 0.6) is 0 Å². The Morgan fingerprint density at radius 1 is 0.979 bits per heavy atom. The van der Waals surface area contributed by atoms with Gasteiger partial charge in [-0.3, -0.25) is 14.4 Å². The van der Waals surface area contributed by atoms with Crippen LogP contribution in [0.1, 0.15) is 74.1 Å². The Balaban J connectivity index is 1.42. The summed E-state index contributed by atoms with van der Waals surface area (Å²) in [6.07, 6.45) is -3.97. The fourth-order valence-electron chi connectivity index (χ4n) is 10.5. The number of rotatable bonds is 4. The molecule has 2 aliphatic heterocycles. The lowest BCUT2D eigenvalue weighted by atomic mass is 9.39. The Hall–Kier alpha value is -2.25. The Morgan fingerprint density at radius 2 is 1.64 bits per heavy atom. The molecule has 2 saturated heterocycles. The number of Topliss-reactive ketones (excluding diaryl/α,β-unsaturated/α-hetero) is 3. The second kappa shape index (κ2) is 10.9. The van der Waals surface area contributed by atoms with Crippen LogP contribution in [0.2, 0.25) is 0 Å². The summed E-state index contributed by atoms with van der Waals surface area (Å²) in [6, 6.07) is 0. The number of aliphatic hydroxyl groups excluding tert-OH is 4. The first-order valence-corrected chi connectivity index (χ1v) is 16.7. The number of aliphatic hydroxyl groups is 5. The molecule has 4 fully saturated rings. The summed E-state index contributed by atoms with van der Waals surface area (Å²) >= 11 is 0. The van der Waals surface area contributed by atoms with E-state index in [1.54, 1.807) is 26.8 Å². The van der Waals surface area contributed by atoms with Gasteiger partial charge in [-0.25, -0.2) is 0 Å².